The first-order valence-corrected chi connectivity index (χ1v) is 4.28. The van der Waals surface area contributed by atoms with Crippen LogP contribution in [0.4, 0.5) is 4.39 Å². The Bertz CT molecular complexity index is 378. The molecule has 0 amide bonds. The Morgan fingerprint density at radius 2 is 2.15 bits per heavy atom. The van der Waals surface area contributed by atoms with Crippen molar-refractivity contribution in [1.82, 2.24) is 5.32 Å². The predicted molar refractivity (Wildman–Crippen MR) is 47.4 cm³/mol. The van der Waals surface area contributed by atoms with Gasteiger partial charge in [0.25, 0.3) is 0 Å². The van der Waals surface area contributed by atoms with Gasteiger partial charge in [0, 0.05) is 17.7 Å². The number of fused-ring (bicyclic) bond motifs is 1. The molecule has 1 aliphatic rings. The summed E-state index contributed by atoms with van der Waals surface area (Å²) in [5.41, 5.74) is 0.824. The monoisotopic (exact) mass is 199 g/mol. The van der Waals surface area contributed by atoms with Gasteiger partial charge in [-0.1, -0.05) is 11.6 Å². The van der Waals surface area contributed by atoms with E-state index in [4.69, 9.17) is 11.6 Å². The third-order valence-electron chi connectivity index (χ3n) is 2.08. The lowest BCUT2D eigenvalue weighted by Crippen LogP contribution is -2.30. The smallest absolute Gasteiger partial charge is 0.177 e. The van der Waals surface area contributed by atoms with E-state index in [0.717, 1.165) is 0 Å². The van der Waals surface area contributed by atoms with Crippen molar-refractivity contribution in [2.45, 2.75) is 6.54 Å². The van der Waals surface area contributed by atoms with Crippen LogP contribution in [0.2, 0.25) is 5.02 Å². The van der Waals surface area contributed by atoms with Gasteiger partial charge >= 0.3 is 0 Å². The van der Waals surface area contributed by atoms with Gasteiger partial charge in [-0.25, -0.2) is 4.39 Å². The zero-order chi connectivity index (χ0) is 9.42. The van der Waals surface area contributed by atoms with Crippen molar-refractivity contribution in [3.05, 3.63) is 34.1 Å². The average molecular weight is 200 g/mol. The second-order valence-electron chi connectivity index (χ2n) is 2.91. The number of halogens is 2. The maximum Gasteiger partial charge on any atom is 0.177 e. The molecule has 2 nitrogen and oxygen atoms in total. The molecule has 0 aromatic heterocycles. The first kappa shape index (κ1) is 8.66. The molecule has 0 aliphatic carbocycles. The Hall–Kier alpha value is -0.930. The molecule has 0 spiro atoms. The summed E-state index contributed by atoms with van der Waals surface area (Å²) in [5, 5.41) is 2.88. The average Bonchev–Trinajstić information content (AvgIpc) is 2.12. The number of carbonyl (C=O) groups excluding carboxylic acids is 1. The first-order valence-electron chi connectivity index (χ1n) is 3.91. The molecule has 0 radical (unpaired) electrons. The Kier molecular flexibility index (Phi) is 2.06. The molecular formula is C9H7ClFNO. The molecule has 1 aromatic rings. The molecule has 68 valence electrons. The summed E-state index contributed by atoms with van der Waals surface area (Å²) in [6.07, 6.45) is 0. The molecule has 0 bridgehead atoms. The van der Waals surface area contributed by atoms with Gasteiger partial charge in [-0.15, -0.1) is 0 Å². The van der Waals surface area contributed by atoms with E-state index in [1.165, 1.54) is 6.07 Å². The fraction of sp³-hybridized carbons (Fsp3) is 0.222. The van der Waals surface area contributed by atoms with Crippen molar-refractivity contribution in [3.63, 3.8) is 0 Å². The minimum atomic E-state index is -0.486. The van der Waals surface area contributed by atoms with Crippen LogP contribution >= 0.6 is 11.6 Å². The molecule has 1 heterocycles. The van der Waals surface area contributed by atoms with E-state index < -0.39 is 5.82 Å². The van der Waals surface area contributed by atoms with Crippen LogP contribution < -0.4 is 5.32 Å². The van der Waals surface area contributed by atoms with Crippen molar-refractivity contribution < 1.29 is 9.18 Å². The molecule has 13 heavy (non-hydrogen) atoms. The number of Topliss-reactive ketones (excluding diaryl/α,β-unsaturated/α-hetero) is 1. The number of benzene rings is 1. The topological polar surface area (TPSA) is 29.1 Å². The highest BCUT2D eigenvalue weighted by Gasteiger charge is 2.20. The highest BCUT2D eigenvalue weighted by Crippen LogP contribution is 2.23. The third kappa shape index (κ3) is 1.34. The van der Waals surface area contributed by atoms with E-state index in [0.29, 0.717) is 17.7 Å². The summed E-state index contributed by atoms with van der Waals surface area (Å²) in [7, 11) is 0. The third-order valence-corrected chi connectivity index (χ3v) is 2.38. The molecule has 0 unspecified atom stereocenters. The SMILES string of the molecule is O=C1CNCc2c1ccc(Cl)c2F. The molecule has 0 fully saturated rings. The standard InChI is InChI=1S/C9H7ClFNO/c10-7-2-1-5-6(9(7)11)3-12-4-8(5)13/h1-2,12H,3-4H2. The van der Waals surface area contributed by atoms with Gasteiger partial charge in [-0.05, 0) is 12.1 Å². The van der Waals surface area contributed by atoms with E-state index in [-0.39, 0.29) is 17.4 Å². The van der Waals surface area contributed by atoms with Gasteiger partial charge in [0.15, 0.2) is 5.78 Å². The van der Waals surface area contributed by atoms with Crippen LogP contribution in [0.25, 0.3) is 0 Å². The Morgan fingerprint density at radius 1 is 1.38 bits per heavy atom. The summed E-state index contributed by atoms with van der Waals surface area (Å²) in [6, 6.07) is 2.99. The molecule has 1 N–H and O–H groups in total. The lowest BCUT2D eigenvalue weighted by Gasteiger charge is -2.16. The predicted octanol–water partition coefficient (Wildman–Crippen LogP) is 1.76. The van der Waals surface area contributed by atoms with E-state index in [1.54, 1.807) is 6.07 Å². The number of rotatable bonds is 0. The zero-order valence-corrected chi connectivity index (χ0v) is 7.49. The van der Waals surface area contributed by atoms with Gasteiger partial charge < -0.3 is 5.32 Å². The fourth-order valence-electron chi connectivity index (χ4n) is 1.42. The maximum atomic E-state index is 13.3. The van der Waals surface area contributed by atoms with Gasteiger partial charge in [0.05, 0.1) is 11.6 Å². The van der Waals surface area contributed by atoms with Crippen LogP contribution in [0, 0.1) is 5.82 Å². The van der Waals surface area contributed by atoms with Gasteiger partial charge in [-0.3, -0.25) is 4.79 Å². The lowest BCUT2D eigenvalue weighted by atomic mass is 10.00. The molecule has 4 heteroatoms. The zero-order valence-electron chi connectivity index (χ0n) is 6.73. The summed E-state index contributed by atoms with van der Waals surface area (Å²) in [4.78, 5) is 11.3. The van der Waals surface area contributed by atoms with Crippen LogP contribution in [0.5, 0.6) is 0 Å². The number of carbonyl (C=O) groups is 1. The van der Waals surface area contributed by atoms with Crippen molar-refractivity contribution in [3.8, 4) is 0 Å². The number of ketones is 1. The minimum absolute atomic E-state index is 0.0650. The van der Waals surface area contributed by atoms with Gasteiger partial charge in [0.1, 0.15) is 5.82 Å². The van der Waals surface area contributed by atoms with Crippen molar-refractivity contribution in [2.24, 2.45) is 0 Å². The van der Waals surface area contributed by atoms with Crippen LogP contribution in [0.1, 0.15) is 15.9 Å². The van der Waals surface area contributed by atoms with Crippen LogP contribution in [0.15, 0.2) is 12.1 Å². The quantitative estimate of drug-likeness (QED) is 0.690. The highest BCUT2D eigenvalue weighted by molar-refractivity contribution is 6.31. The largest absolute Gasteiger partial charge is 0.305 e. The van der Waals surface area contributed by atoms with Crippen LogP contribution in [0.3, 0.4) is 0 Å². The van der Waals surface area contributed by atoms with Crippen molar-refractivity contribution in [2.75, 3.05) is 6.54 Å². The molecule has 1 aliphatic heterocycles. The molecule has 1 aromatic carbocycles. The van der Waals surface area contributed by atoms with E-state index >= 15 is 0 Å². The normalized spacial score (nSPS) is 15.7. The van der Waals surface area contributed by atoms with Crippen LogP contribution in [-0.2, 0) is 6.54 Å². The van der Waals surface area contributed by atoms with Crippen molar-refractivity contribution >= 4 is 17.4 Å². The minimum Gasteiger partial charge on any atom is -0.305 e. The maximum absolute atomic E-state index is 13.3. The Balaban J connectivity index is 2.63. The molecule has 0 saturated carbocycles. The van der Waals surface area contributed by atoms with E-state index in [9.17, 15) is 9.18 Å². The summed E-state index contributed by atoms with van der Waals surface area (Å²) >= 11 is 5.58. The second-order valence-corrected chi connectivity index (χ2v) is 3.32. The fourth-order valence-corrected chi connectivity index (χ4v) is 1.60. The molecule has 2 rings (SSSR count). The van der Waals surface area contributed by atoms with Crippen LogP contribution in [-0.4, -0.2) is 12.3 Å². The Morgan fingerprint density at radius 3 is 2.92 bits per heavy atom. The summed E-state index contributed by atoms with van der Waals surface area (Å²) in [6.45, 7) is 0.640. The number of hydrogen-bond acceptors (Lipinski definition) is 2. The Labute approximate surface area is 79.7 Å². The number of hydrogen-bond donors (Lipinski definition) is 1. The van der Waals surface area contributed by atoms with Gasteiger partial charge in [-0.2, -0.15) is 0 Å². The number of nitrogens with one attached hydrogen (secondary N) is 1. The van der Waals surface area contributed by atoms with Crippen molar-refractivity contribution in [1.29, 1.82) is 0 Å². The van der Waals surface area contributed by atoms with E-state index in [2.05, 4.69) is 5.32 Å². The molecule has 0 saturated heterocycles. The summed E-state index contributed by atoms with van der Waals surface area (Å²) in [5.74, 6) is -0.573. The lowest BCUT2D eigenvalue weighted by molar-refractivity contribution is 0.0981. The molecule has 0 atom stereocenters. The summed E-state index contributed by atoms with van der Waals surface area (Å²) < 4.78 is 13.3. The van der Waals surface area contributed by atoms with E-state index in [1.807, 2.05) is 0 Å². The second kappa shape index (κ2) is 3.09. The van der Waals surface area contributed by atoms with Gasteiger partial charge in [0.2, 0.25) is 0 Å². The first-order chi connectivity index (χ1) is 6.20. The molecular weight excluding hydrogens is 193 g/mol. The highest BCUT2D eigenvalue weighted by atomic mass is 35.5.